The van der Waals surface area contributed by atoms with Gasteiger partial charge in [0.1, 0.15) is 12.4 Å². The molecule has 0 spiro atoms. The van der Waals surface area contributed by atoms with E-state index in [0.29, 0.717) is 23.1 Å². The number of hydrogen-bond acceptors (Lipinski definition) is 3. The second-order valence-corrected chi connectivity index (χ2v) is 6.52. The highest BCUT2D eigenvalue weighted by atomic mass is 35.5. The van der Waals surface area contributed by atoms with Crippen LogP contribution in [0.25, 0.3) is 0 Å². The van der Waals surface area contributed by atoms with Gasteiger partial charge in [0.2, 0.25) is 0 Å². The molecule has 0 aliphatic heterocycles. The topological polar surface area (TPSA) is 30.5 Å². The van der Waals surface area contributed by atoms with Crippen molar-refractivity contribution in [1.29, 1.82) is 0 Å². The SMILES string of the molecule is COc1cc(CNCc2ccccc2)cc(Cl)c1OCc1ccc(F)cc1. The number of methoxy groups -OCH3 is 1. The van der Waals surface area contributed by atoms with Gasteiger partial charge in [0.15, 0.2) is 11.5 Å². The minimum absolute atomic E-state index is 0.276. The molecule has 0 unspecified atom stereocenters. The van der Waals surface area contributed by atoms with Gasteiger partial charge in [-0.2, -0.15) is 0 Å². The Hall–Kier alpha value is -2.56. The molecule has 0 aromatic heterocycles. The molecule has 0 fully saturated rings. The van der Waals surface area contributed by atoms with Crippen LogP contribution in [-0.4, -0.2) is 7.11 Å². The standard InChI is InChI=1S/C22H21ClFNO2/c1-26-21-12-18(14-25-13-16-5-3-2-4-6-16)11-20(23)22(21)27-15-17-7-9-19(24)10-8-17/h2-12,25H,13-15H2,1H3. The third kappa shape index (κ3) is 5.46. The summed E-state index contributed by atoms with van der Waals surface area (Å²) in [4.78, 5) is 0. The van der Waals surface area contributed by atoms with Gasteiger partial charge in [-0.1, -0.05) is 54.1 Å². The van der Waals surface area contributed by atoms with E-state index in [1.807, 2.05) is 30.3 Å². The Balaban J connectivity index is 1.64. The molecule has 0 saturated heterocycles. The molecule has 3 rings (SSSR count). The van der Waals surface area contributed by atoms with E-state index in [0.717, 1.165) is 17.7 Å². The Bertz CT molecular complexity index is 869. The van der Waals surface area contributed by atoms with Gasteiger partial charge in [-0.25, -0.2) is 4.39 Å². The molecule has 0 heterocycles. The van der Waals surface area contributed by atoms with E-state index in [1.54, 1.807) is 19.2 Å². The van der Waals surface area contributed by atoms with Gasteiger partial charge >= 0.3 is 0 Å². The number of ether oxygens (including phenoxy) is 2. The number of nitrogens with one attached hydrogen (secondary N) is 1. The zero-order valence-corrected chi connectivity index (χ0v) is 15.8. The van der Waals surface area contributed by atoms with Gasteiger partial charge in [0.25, 0.3) is 0 Å². The molecule has 0 aliphatic rings. The van der Waals surface area contributed by atoms with Crippen LogP contribution in [0, 0.1) is 5.82 Å². The molecule has 1 N–H and O–H groups in total. The maximum absolute atomic E-state index is 13.0. The van der Waals surface area contributed by atoms with Crippen LogP contribution in [0.3, 0.4) is 0 Å². The fourth-order valence-electron chi connectivity index (χ4n) is 2.70. The molecule has 0 saturated carbocycles. The summed E-state index contributed by atoms with van der Waals surface area (Å²) in [5, 5.41) is 3.87. The summed E-state index contributed by atoms with van der Waals surface area (Å²) in [6.45, 7) is 1.70. The lowest BCUT2D eigenvalue weighted by Crippen LogP contribution is -2.12. The maximum Gasteiger partial charge on any atom is 0.180 e. The summed E-state index contributed by atoms with van der Waals surface area (Å²) >= 11 is 6.41. The molecule has 0 aliphatic carbocycles. The van der Waals surface area contributed by atoms with Gasteiger partial charge < -0.3 is 14.8 Å². The van der Waals surface area contributed by atoms with Crippen LogP contribution >= 0.6 is 11.6 Å². The van der Waals surface area contributed by atoms with Crippen LogP contribution in [0.2, 0.25) is 5.02 Å². The largest absolute Gasteiger partial charge is 0.493 e. The predicted molar refractivity (Wildman–Crippen MR) is 106 cm³/mol. The summed E-state index contributed by atoms with van der Waals surface area (Å²) in [7, 11) is 1.58. The van der Waals surface area contributed by atoms with Gasteiger partial charge in [-0.05, 0) is 41.0 Å². The van der Waals surface area contributed by atoms with Crippen LogP contribution in [0.15, 0.2) is 66.7 Å². The smallest absolute Gasteiger partial charge is 0.180 e. The number of hydrogen-bond donors (Lipinski definition) is 1. The van der Waals surface area contributed by atoms with E-state index >= 15 is 0 Å². The monoisotopic (exact) mass is 385 g/mol. The molecular formula is C22H21ClFNO2. The van der Waals surface area contributed by atoms with Crippen molar-refractivity contribution in [3.05, 3.63) is 94.3 Å². The van der Waals surface area contributed by atoms with Gasteiger partial charge in [-0.15, -0.1) is 0 Å². The lowest BCUT2D eigenvalue weighted by Gasteiger charge is -2.15. The van der Waals surface area contributed by atoms with Crippen LogP contribution in [0.1, 0.15) is 16.7 Å². The highest BCUT2D eigenvalue weighted by Gasteiger charge is 2.12. The lowest BCUT2D eigenvalue weighted by molar-refractivity contribution is 0.284. The van der Waals surface area contributed by atoms with Crippen LogP contribution in [0.4, 0.5) is 4.39 Å². The Kier molecular flexibility index (Phi) is 6.69. The van der Waals surface area contributed by atoms with Crippen LogP contribution in [-0.2, 0) is 19.7 Å². The Morgan fingerprint density at radius 3 is 2.30 bits per heavy atom. The molecule has 0 radical (unpaired) electrons. The van der Waals surface area contributed by atoms with E-state index in [1.165, 1.54) is 17.7 Å². The summed E-state index contributed by atoms with van der Waals surface area (Å²) < 4.78 is 24.3. The van der Waals surface area contributed by atoms with Crippen molar-refractivity contribution in [1.82, 2.24) is 5.32 Å². The zero-order valence-electron chi connectivity index (χ0n) is 15.0. The van der Waals surface area contributed by atoms with E-state index in [-0.39, 0.29) is 12.4 Å². The van der Waals surface area contributed by atoms with E-state index in [4.69, 9.17) is 21.1 Å². The number of rotatable bonds is 8. The molecule has 3 aromatic carbocycles. The normalized spacial score (nSPS) is 10.6. The van der Waals surface area contributed by atoms with Crippen molar-refractivity contribution < 1.29 is 13.9 Å². The first-order valence-corrected chi connectivity index (χ1v) is 9.02. The van der Waals surface area contributed by atoms with Gasteiger partial charge in [-0.3, -0.25) is 0 Å². The first-order chi connectivity index (χ1) is 13.2. The van der Waals surface area contributed by atoms with Crippen molar-refractivity contribution in [2.45, 2.75) is 19.7 Å². The van der Waals surface area contributed by atoms with Crippen molar-refractivity contribution in [2.24, 2.45) is 0 Å². The number of halogens is 2. The zero-order chi connectivity index (χ0) is 19.1. The average molecular weight is 386 g/mol. The summed E-state index contributed by atoms with van der Waals surface area (Å²) in [6.07, 6.45) is 0. The Morgan fingerprint density at radius 2 is 1.59 bits per heavy atom. The van der Waals surface area contributed by atoms with Crippen molar-refractivity contribution in [3.8, 4) is 11.5 Å². The van der Waals surface area contributed by atoms with Crippen LogP contribution in [0.5, 0.6) is 11.5 Å². The third-order valence-electron chi connectivity index (χ3n) is 4.09. The first kappa shape index (κ1) is 19.2. The van der Waals surface area contributed by atoms with Crippen LogP contribution < -0.4 is 14.8 Å². The maximum atomic E-state index is 13.0. The van der Waals surface area contributed by atoms with Crippen molar-refractivity contribution in [2.75, 3.05) is 7.11 Å². The number of benzene rings is 3. The Labute approximate surface area is 163 Å². The van der Waals surface area contributed by atoms with Gasteiger partial charge in [0, 0.05) is 13.1 Å². The van der Waals surface area contributed by atoms with E-state index in [2.05, 4.69) is 17.4 Å². The highest BCUT2D eigenvalue weighted by molar-refractivity contribution is 6.32. The third-order valence-corrected chi connectivity index (χ3v) is 4.37. The lowest BCUT2D eigenvalue weighted by atomic mass is 10.1. The van der Waals surface area contributed by atoms with Gasteiger partial charge in [0.05, 0.1) is 12.1 Å². The average Bonchev–Trinajstić information content (AvgIpc) is 2.69. The van der Waals surface area contributed by atoms with E-state index in [9.17, 15) is 4.39 Å². The molecule has 140 valence electrons. The molecular weight excluding hydrogens is 365 g/mol. The summed E-state index contributed by atoms with van der Waals surface area (Å²) in [5.74, 6) is 0.776. The molecule has 3 nitrogen and oxygen atoms in total. The minimum Gasteiger partial charge on any atom is -0.493 e. The molecule has 27 heavy (non-hydrogen) atoms. The van der Waals surface area contributed by atoms with Crippen molar-refractivity contribution >= 4 is 11.6 Å². The first-order valence-electron chi connectivity index (χ1n) is 8.64. The summed E-state index contributed by atoms with van der Waals surface area (Å²) in [6, 6.07) is 20.1. The predicted octanol–water partition coefficient (Wildman–Crippen LogP) is 5.36. The second-order valence-electron chi connectivity index (χ2n) is 6.11. The quantitative estimate of drug-likeness (QED) is 0.566. The molecule has 0 bridgehead atoms. The second kappa shape index (κ2) is 9.40. The molecule has 0 atom stereocenters. The van der Waals surface area contributed by atoms with E-state index < -0.39 is 0 Å². The summed E-state index contributed by atoms with van der Waals surface area (Å²) in [5.41, 5.74) is 3.07. The van der Waals surface area contributed by atoms with Crippen molar-refractivity contribution in [3.63, 3.8) is 0 Å². The highest BCUT2D eigenvalue weighted by Crippen LogP contribution is 2.37. The molecule has 3 aromatic rings. The fourth-order valence-corrected chi connectivity index (χ4v) is 2.99. The molecule has 0 amide bonds. The Morgan fingerprint density at radius 1 is 0.889 bits per heavy atom. The molecule has 5 heteroatoms. The minimum atomic E-state index is -0.276. The fraction of sp³-hybridized carbons (Fsp3) is 0.182.